The summed E-state index contributed by atoms with van der Waals surface area (Å²) in [4.78, 5) is 15.5. The number of carbonyl (C=O) groups excluding carboxylic acids is 1. The number of hydroxylamine groups is 1. The van der Waals surface area contributed by atoms with E-state index in [4.69, 9.17) is 10.6 Å². The summed E-state index contributed by atoms with van der Waals surface area (Å²) < 4.78 is 0. The molecule has 1 saturated carbocycles. The SMILES string of the molecule is CCC1CCCC(NOCC(N)=O)CC1. The molecule has 2 atom stereocenters. The molecule has 1 fully saturated rings. The molecule has 0 saturated heterocycles. The smallest absolute Gasteiger partial charge is 0.245 e. The zero-order chi connectivity index (χ0) is 11.1. The molecule has 0 aromatic heterocycles. The van der Waals surface area contributed by atoms with Gasteiger partial charge in [0.1, 0.15) is 6.61 Å². The van der Waals surface area contributed by atoms with Crippen molar-refractivity contribution in [3.8, 4) is 0 Å². The van der Waals surface area contributed by atoms with Crippen LogP contribution in [0.2, 0.25) is 0 Å². The van der Waals surface area contributed by atoms with Crippen molar-refractivity contribution >= 4 is 5.91 Å². The molecule has 4 nitrogen and oxygen atoms in total. The van der Waals surface area contributed by atoms with Crippen LogP contribution in [-0.4, -0.2) is 18.6 Å². The Morgan fingerprint density at radius 1 is 1.40 bits per heavy atom. The Labute approximate surface area is 91.5 Å². The van der Waals surface area contributed by atoms with E-state index in [1.807, 2.05) is 0 Å². The highest BCUT2D eigenvalue weighted by Gasteiger charge is 2.17. The molecule has 0 bridgehead atoms. The summed E-state index contributed by atoms with van der Waals surface area (Å²) in [5.41, 5.74) is 7.92. The van der Waals surface area contributed by atoms with Crippen LogP contribution in [0, 0.1) is 5.92 Å². The Morgan fingerprint density at radius 3 is 2.87 bits per heavy atom. The second-order valence-corrected chi connectivity index (χ2v) is 4.35. The molecule has 4 heteroatoms. The molecule has 0 radical (unpaired) electrons. The Bertz CT molecular complexity index is 197. The van der Waals surface area contributed by atoms with Crippen LogP contribution >= 0.6 is 0 Å². The van der Waals surface area contributed by atoms with Gasteiger partial charge in [0.15, 0.2) is 0 Å². The maximum Gasteiger partial charge on any atom is 0.245 e. The lowest BCUT2D eigenvalue weighted by Gasteiger charge is -2.15. The third-order valence-electron chi connectivity index (χ3n) is 3.13. The van der Waals surface area contributed by atoms with E-state index in [9.17, 15) is 4.79 Å². The normalized spacial score (nSPS) is 27.3. The summed E-state index contributed by atoms with van der Waals surface area (Å²) in [7, 11) is 0. The minimum Gasteiger partial charge on any atom is -0.368 e. The number of hydrogen-bond donors (Lipinski definition) is 2. The quantitative estimate of drug-likeness (QED) is 0.536. The van der Waals surface area contributed by atoms with Gasteiger partial charge in [-0.05, 0) is 25.2 Å². The van der Waals surface area contributed by atoms with Gasteiger partial charge in [-0.3, -0.25) is 9.63 Å². The van der Waals surface area contributed by atoms with Crippen molar-refractivity contribution in [2.24, 2.45) is 11.7 Å². The van der Waals surface area contributed by atoms with E-state index >= 15 is 0 Å². The summed E-state index contributed by atoms with van der Waals surface area (Å²) in [6.45, 7) is 2.22. The third-order valence-corrected chi connectivity index (χ3v) is 3.13. The Balaban J connectivity index is 2.16. The Morgan fingerprint density at radius 2 is 2.20 bits per heavy atom. The van der Waals surface area contributed by atoms with Gasteiger partial charge >= 0.3 is 0 Å². The summed E-state index contributed by atoms with van der Waals surface area (Å²) in [5.74, 6) is 0.440. The molecule has 0 aliphatic heterocycles. The molecule has 2 unspecified atom stereocenters. The van der Waals surface area contributed by atoms with Gasteiger partial charge in [-0.1, -0.05) is 26.2 Å². The minimum atomic E-state index is -0.428. The van der Waals surface area contributed by atoms with Crippen LogP contribution in [0.1, 0.15) is 45.4 Å². The topological polar surface area (TPSA) is 64.3 Å². The van der Waals surface area contributed by atoms with E-state index in [-0.39, 0.29) is 6.61 Å². The van der Waals surface area contributed by atoms with Crippen LogP contribution in [0.25, 0.3) is 0 Å². The van der Waals surface area contributed by atoms with Crippen LogP contribution in [0.3, 0.4) is 0 Å². The predicted octanol–water partition coefficient (Wildman–Crippen LogP) is 1.35. The summed E-state index contributed by atoms with van der Waals surface area (Å²) >= 11 is 0. The van der Waals surface area contributed by atoms with Crippen LogP contribution in [0.4, 0.5) is 0 Å². The largest absolute Gasteiger partial charge is 0.368 e. The monoisotopic (exact) mass is 214 g/mol. The van der Waals surface area contributed by atoms with Gasteiger partial charge in [0, 0.05) is 6.04 Å². The van der Waals surface area contributed by atoms with E-state index in [2.05, 4.69) is 12.4 Å². The van der Waals surface area contributed by atoms with Crippen LogP contribution < -0.4 is 11.2 Å². The third kappa shape index (κ3) is 5.14. The standard InChI is InChI=1S/C11H22N2O2/c1-2-9-4-3-5-10(7-6-9)13-15-8-11(12)14/h9-10,13H,2-8H2,1H3,(H2,12,14). The zero-order valence-corrected chi connectivity index (χ0v) is 9.50. The van der Waals surface area contributed by atoms with Crippen molar-refractivity contribution in [3.05, 3.63) is 0 Å². The van der Waals surface area contributed by atoms with Crippen molar-refractivity contribution in [2.45, 2.75) is 51.5 Å². The van der Waals surface area contributed by atoms with Crippen molar-refractivity contribution in [3.63, 3.8) is 0 Å². The molecule has 0 spiro atoms. The first-order chi connectivity index (χ1) is 7.22. The van der Waals surface area contributed by atoms with Crippen molar-refractivity contribution in [2.75, 3.05) is 6.61 Å². The number of primary amides is 1. The first kappa shape index (κ1) is 12.5. The lowest BCUT2D eigenvalue weighted by molar-refractivity contribution is -0.126. The summed E-state index contributed by atoms with van der Waals surface area (Å²) in [5, 5.41) is 0. The fourth-order valence-corrected chi connectivity index (χ4v) is 2.14. The first-order valence-corrected chi connectivity index (χ1v) is 5.88. The molecular weight excluding hydrogens is 192 g/mol. The predicted molar refractivity (Wildman–Crippen MR) is 58.9 cm³/mol. The number of hydrogen-bond acceptors (Lipinski definition) is 3. The second-order valence-electron chi connectivity index (χ2n) is 4.35. The highest BCUT2D eigenvalue weighted by molar-refractivity contribution is 5.74. The molecule has 1 aliphatic rings. The van der Waals surface area contributed by atoms with Crippen LogP contribution in [0.15, 0.2) is 0 Å². The highest BCUT2D eigenvalue weighted by Crippen LogP contribution is 2.25. The zero-order valence-electron chi connectivity index (χ0n) is 9.50. The van der Waals surface area contributed by atoms with Gasteiger partial charge in [-0.15, -0.1) is 0 Å². The molecule has 1 amide bonds. The van der Waals surface area contributed by atoms with Crippen molar-refractivity contribution in [1.82, 2.24) is 5.48 Å². The van der Waals surface area contributed by atoms with Gasteiger partial charge in [0.05, 0.1) is 0 Å². The van der Waals surface area contributed by atoms with E-state index in [0.717, 1.165) is 18.8 Å². The van der Waals surface area contributed by atoms with Crippen molar-refractivity contribution in [1.29, 1.82) is 0 Å². The minimum absolute atomic E-state index is 0.0340. The molecule has 0 heterocycles. The van der Waals surface area contributed by atoms with Gasteiger partial charge in [0.2, 0.25) is 5.91 Å². The lowest BCUT2D eigenvalue weighted by atomic mass is 9.98. The molecule has 1 rings (SSSR count). The van der Waals surface area contributed by atoms with E-state index in [1.54, 1.807) is 0 Å². The fraction of sp³-hybridized carbons (Fsp3) is 0.909. The second kappa shape index (κ2) is 6.80. The number of rotatable bonds is 5. The number of nitrogens with one attached hydrogen (secondary N) is 1. The number of nitrogens with two attached hydrogens (primary N) is 1. The molecule has 3 N–H and O–H groups in total. The van der Waals surface area contributed by atoms with Gasteiger partial charge < -0.3 is 5.73 Å². The highest BCUT2D eigenvalue weighted by atomic mass is 16.6. The van der Waals surface area contributed by atoms with Crippen molar-refractivity contribution < 1.29 is 9.63 Å². The van der Waals surface area contributed by atoms with Crippen LogP contribution in [0.5, 0.6) is 0 Å². The molecule has 0 aromatic carbocycles. The molecule has 1 aliphatic carbocycles. The fourth-order valence-electron chi connectivity index (χ4n) is 2.14. The molecule has 15 heavy (non-hydrogen) atoms. The van der Waals surface area contributed by atoms with Crippen LogP contribution in [-0.2, 0) is 9.63 Å². The maximum absolute atomic E-state index is 10.5. The molecule has 88 valence electrons. The molecule has 0 aromatic rings. The van der Waals surface area contributed by atoms with Gasteiger partial charge in [-0.2, -0.15) is 5.48 Å². The summed E-state index contributed by atoms with van der Waals surface area (Å²) in [6.07, 6.45) is 7.37. The molecular formula is C11H22N2O2. The average molecular weight is 214 g/mol. The van der Waals surface area contributed by atoms with E-state index < -0.39 is 5.91 Å². The van der Waals surface area contributed by atoms with E-state index in [1.165, 1.54) is 25.7 Å². The lowest BCUT2D eigenvalue weighted by Crippen LogP contribution is -2.32. The van der Waals surface area contributed by atoms with Gasteiger partial charge in [0.25, 0.3) is 0 Å². The van der Waals surface area contributed by atoms with E-state index in [0.29, 0.717) is 6.04 Å². The first-order valence-electron chi connectivity index (χ1n) is 5.88. The average Bonchev–Trinajstić information content (AvgIpc) is 2.42. The van der Waals surface area contributed by atoms with Gasteiger partial charge in [-0.25, -0.2) is 0 Å². The maximum atomic E-state index is 10.5. The summed E-state index contributed by atoms with van der Waals surface area (Å²) in [6, 6.07) is 0.390. The Kier molecular flexibility index (Phi) is 5.65. The number of amides is 1. The Hall–Kier alpha value is -0.610. The number of carbonyl (C=O) groups is 1.